The van der Waals surface area contributed by atoms with Gasteiger partial charge in [0.25, 0.3) is 0 Å². The number of benzene rings is 1. The second-order valence-electron chi connectivity index (χ2n) is 2.34. The van der Waals surface area contributed by atoms with Gasteiger partial charge in [-0.05, 0) is 0 Å². The molecule has 0 aliphatic carbocycles. The number of carbonyl (C=O) groups excluding carboxylic acids is 1. The third kappa shape index (κ3) is 2.16. The number of aldehydes is 1. The van der Waals surface area contributed by atoms with Crippen LogP contribution in [-0.2, 0) is 9.37 Å². The van der Waals surface area contributed by atoms with Crippen molar-refractivity contribution >= 4 is 18.3 Å². The Kier molecular flexibility index (Phi) is 4.24. The van der Waals surface area contributed by atoms with Crippen LogP contribution in [0.3, 0.4) is 0 Å². The summed E-state index contributed by atoms with van der Waals surface area (Å²) in [6, 6.07) is 0. The summed E-state index contributed by atoms with van der Waals surface area (Å²) >= 11 is -0.262. The molecule has 1 aromatic rings. The minimum atomic E-state index is -2.03. The van der Waals surface area contributed by atoms with Crippen LogP contribution in [0.2, 0.25) is 0 Å². The van der Waals surface area contributed by atoms with Crippen molar-refractivity contribution in [3.05, 3.63) is 28.8 Å². The van der Waals surface area contributed by atoms with Crippen molar-refractivity contribution in [3.8, 4) is 0 Å². The number of halogens is 4. The highest BCUT2D eigenvalue weighted by molar-refractivity contribution is 7.94. The number of rotatable bonds is 4. The Bertz CT molecular complexity index is 426. The SMILES string of the molecule is O=Cc1c(F)c(F)c(F)c(SOOO)c1F. The summed E-state index contributed by atoms with van der Waals surface area (Å²) in [5.41, 5.74) is -1.29. The molecule has 0 heterocycles. The molecular weight excluding hydrogens is 256 g/mol. The van der Waals surface area contributed by atoms with E-state index in [2.05, 4.69) is 9.37 Å². The summed E-state index contributed by atoms with van der Waals surface area (Å²) in [5, 5.41) is 10.8. The molecule has 4 nitrogen and oxygen atoms in total. The van der Waals surface area contributed by atoms with Crippen LogP contribution in [-0.4, -0.2) is 11.5 Å². The maximum Gasteiger partial charge on any atom is 0.196 e. The van der Waals surface area contributed by atoms with E-state index >= 15 is 0 Å². The fraction of sp³-hybridized carbons (Fsp3) is 0. The van der Waals surface area contributed by atoms with Gasteiger partial charge in [-0.25, -0.2) is 22.8 Å². The van der Waals surface area contributed by atoms with Crippen LogP contribution in [0.5, 0.6) is 0 Å². The predicted molar refractivity (Wildman–Crippen MR) is 42.3 cm³/mol. The van der Waals surface area contributed by atoms with Crippen LogP contribution in [0.4, 0.5) is 17.6 Å². The van der Waals surface area contributed by atoms with Crippen LogP contribution in [0.15, 0.2) is 4.90 Å². The minimum absolute atomic E-state index is 0.262. The fourth-order valence-corrected chi connectivity index (χ4v) is 1.30. The van der Waals surface area contributed by atoms with Gasteiger partial charge in [0.1, 0.15) is 4.90 Å². The standard InChI is InChI=1S/C7H2F4O4S/c8-3-2(1-12)4(9)7(16-15-14-13)6(11)5(3)10/h1,13H. The monoisotopic (exact) mass is 258 g/mol. The molecule has 0 bridgehead atoms. The lowest BCUT2D eigenvalue weighted by atomic mass is 10.2. The molecule has 0 unspecified atom stereocenters. The highest BCUT2D eigenvalue weighted by Gasteiger charge is 2.26. The van der Waals surface area contributed by atoms with Crippen molar-refractivity contribution in [2.45, 2.75) is 4.90 Å². The van der Waals surface area contributed by atoms with E-state index in [9.17, 15) is 22.4 Å². The first-order chi connectivity index (χ1) is 7.54. The Morgan fingerprint density at radius 2 is 1.69 bits per heavy atom. The van der Waals surface area contributed by atoms with Crippen LogP contribution in [0, 0.1) is 23.3 Å². The highest BCUT2D eigenvalue weighted by atomic mass is 32.2. The van der Waals surface area contributed by atoms with Gasteiger partial charge >= 0.3 is 0 Å². The van der Waals surface area contributed by atoms with Gasteiger partial charge in [0, 0.05) is 0 Å². The Labute approximate surface area is 89.8 Å². The maximum absolute atomic E-state index is 13.2. The largest absolute Gasteiger partial charge is 0.298 e. The Hall–Kier alpha value is -1.16. The lowest BCUT2D eigenvalue weighted by molar-refractivity contribution is -0.432. The number of hydrogen-bond donors (Lipinski definition) is 1. The highest BCUT2D eigenvalue weighted by Crippen LogP contribution is 2.31. The summed E-state index contributed by atoms with van der Waals surface area (Å²) in [4.78, 5) is 9.08. The van der Waals surface area contributed by atoms with E-state index in [0.717, 1.165) is 0 Å². The molecule has 0 fully saturated rings. The van der Waals surface area contributed by atoms with Gasteiger partial charge < -0.3 is 0 Å². The van der Waals surface area contributed by atoms with Crippen LogP contribution >= 0.6 is 12.0 Å². The second-order valence-corrected chi connectivity index (χ2v) is 3.05. The molecule has 0 saturated heterocycles. The van der Waals surface area contributed by atoms with Crippen molar-refractivity contribution in [1.29, 1.82) is 0 Å². The summed E-state index contributed by atoms with van der Waals surface area (Å²) < 4.78 is 55.4. The van der Waals surface area contributed by atoms with E-state index in [1.54, 1.807) is 0 Å². The number of hydrogen-bond acceptors (Lipinski definition) is 5. The quantitative estimate of drug-likeness (QED) is 0.171. The van der Waals surface area contributed by atoms with Gasteiger partial charge in [-0.3, -0.25) is 4.79 Å². The second kappa shape index (κ2) is 5.25. The Balaban J connectivity index is 3.36. The summed E-state index contributed by atoms with van der Waals surface area (Å²) in [5.74, 6) is -7.54. The van der Waals surface area contributed by atoms with Crippen molar-refractivity contribution in [3.63, 3.8) is 0 Å². The van der Waals surface area contributed by atoms with E-state index < -0.39 is 33.7 Å². The molecule has 0 aliphatic heterocycles. The summed E-state index contributed by atoms with van der Waals surface area (Å²) in [7, 11) is 0. The molecule has 88 valence electrons. The van der Waals surface area contributed by atoms with E-state index in [0.29, 0.717) is 0 Å². The lowest BCUT2D eigenvalue weighted by Crippen LogP contribution is -2.05. The molecule has 0 aromatic heterocycles. The molecule has 16 heavy (non-hydrogen) atoms. The van der Waals surface area contributed by atoms with Gasteiger partial charge in [0.05, 0.1) is 17.6 Å². The summed E-state index contributed by atoms with van der Waals surface area (Å²) in [6.07, 6.45) is -0.322. The molecule has 0 aliphatic rings. The van der Waals surface area contributed by atoms with Gasteiger partial charge in [-0.2, -0.15) is 0 Å². The normalized spacial score (nSPS) is 10.6. The van der Waals surface area contributed by atoms with Crippen LogP contribution < -0.4 is 0 Å². The maximum atomic E-state index is 13.2. The Morgan fingerprint density at radius 1 is 1.06 bits per heavy atom. The third-order valence-corrected chi connectivity index (χ3v) is 2.18. The Morgan fingerprint density at radius 3 is 2.19 bits per heavy atom. The third-order valence-electron chi connectivity index (χ3n) is 1.52. The van der Waals surface area contributed by atoms with Gasteiger partial charge in [-0.1, -0.05) is 5.04 Å². The average molecular weight is 258 g/mol. The lowest BCUT2D eigenvalue weighted by Gasteiger charge is -2.06. The van der Waals surface area contributed by atoms with Crippen molar-refractivity contribution in [2.75, 3.05) is 0 Å². The van der Waals surface area contributed by atoms with Crippen molar-refractivity contribution in [1.82, 2.24) is 0 Å². The van der Waals surface area contributed by atoms with Gasteiger partial charge in [-0.15, -0.1) is 4.33 Å². The van der Waals surface area contributed by atoms with Crippen molar-refractivity contribution < 1.29 is 37.0 Å². The smallest absolute Gasteiger partial charge is 0.196 e. The molecule has 0 atom stereocenters. The fourth-order valence-electron chi connectivity index (χ4n) is 0.855. The van der Waals surface area contributed by atoms with Crippen molar-refractivity contribution in [2.24, 2.45) is 0 Å². The molecule has 0 radical (unpaired) electrons. The average Bonchev–Trinajstić information content (AvgIpc) is 2.27. The molecule has 0 amide bonds. The first-order valence-electron chi connectivity index (χ1n) is 3.50. The zero-order valence-electron chi connectivity index (χ0n) is 7.17. The first-order valence-corrected chi connectivity index (χ1v) is 4.24. The van der Waals surface area contributed by atoms with Gasteiger partial charge in [0.2, 0.25) is 0 Å². The molecule has 1 aromatic carbocycles. The molecule has 1 rings (SSSR count). The molecule has 1 N–H and O–H groups in total. The molecular formula is C7H2F4O4S. The predicted octanol–water partition coefficient (Wildman–Crippen LogP) is 2.48. The number of carbonyl (C=O) groups is 1. The van der Waals surface area contributed by atoms with E-state index in [1.807, 2.05) is 0 Å². The zero-order chi connectivity index (χ0) is 12.3. The van der Waals surface area contributed by atoms with E-state index in [4.69, 9.17) is 5.26 Å². The van der Waals surface area contributed by atoms with Gasteiger partial charge in [0.15, 0.2) is 29.6 Å². The van der Waals surface area contributed by atoms with E-state index in [-0.39, 0.29) is 18.3 Å². The topological polar surface area (TPSA) is 55.8 Å². The molecule has 0 spiro atoms. The molecule has 9 heteroatoms. The van der Waals surface area contributed by atoms with Crippen LogP contribution in [0.1, 0.15) is 10.4 Å². The molecule has 0 saturated carbocycles. The zero-order valence-corrected chi connectivity index (χ0v) is 7.99. The summed E-state index contributed by atoms with van der Waals surface area (Å²) in [6.45, 7) is 0. The van der Waals surface area contributed by atoms with E-state index in [1.165, 1.54) is 0 Å². The van der Waals surface area contributed by atoms with Crippen LogP contribution in [0.25, 0.3) is 0 Å². The minimum Gasteiger partial charge on any atom is -0.298 e. The first kappa shape index (κ1) is 12.9.